The Balaban J connectivity index is 1.76. The first-order valence-corrected chi connectivity index (χ1v) is 9.54. The average Bonchev–Trinajstić information content (AvgIpc) is 2.94. The second-order valence-electron chi connectivity index (χ2n) is 6.16. The summed E-state index contributed by atoms with van der Waals surface area (Å²) < 4.78 is 37.6. The minimum atomic E-state index is -3.34. The van der Waals surface area contributed by atoms with Gasteiger partial charge in [0.25, 0.3) is 0 Å². The van der Waals surface area contributed by atoms with Crippen molar-refractivity contribution in [3.05, 3.63) is 11.7 Å². The molecule has 1 aromatic heterocycles. The quantitative estimate of drug-likeness (QED) is 0.835. The van der Waals surface area contributed by atoms with Gasteiger partial charge in [0.2, 0.25) is 15.9 Å². The molecule has 0 N–H and O–H groups in total. The number of ether oxygens (including phenoxy) is 1. The Labute approximate surface area is 131 Å². The summed E-state index contributed by atoms with van der Waals surface area (Å²) in [5, 5.41) is 3.88. The van der Waals surface area contributed by atoms with E-state index < -0.39 is 16.1 Å². The van der Waals surface area contributed by atoms with E-state index >= 15 is 0 Å². The van der Waals surface area contributed by atoms with Crippen LogP contribution in [0.25, 0.3) is 0 Å². The molecule has 2 aliphatic rings. The van der Waals surface area contributed by atoms with Gasteiger partial charge in [-0.3, -0.25) is 0 Å². The smallest absolute Gasteiger partial charge is 0.223 e. The number of sulfonamides is 1. The monoisotopic (exact) mass is 329 g/mol. The molecule has 8 heteroatoms. The van der Waals surface area contributed by atoms with Gasteiger partial charge in [0.15, 0.2) is 5.82 Å². The van der Waals surface area contributed by atoms with E-state index in [-0.39, 0.29) is 18.3 Å². The van der Waals surface area contributed by atoms with Crippen molar-refractivity contribution in [1.29, 1.82) is 0 Å². The van der Waals surface area contributed by atoms with Crippen LogP contribution in [0.1, 0.15) is 49.9 Å². The number of hydrogen-bond acceptors (Lipinski definition) is 6. The fourth-order valence-corrected chi connectivity index (χ4v) is 5.34. The molecule has 1 aliphatic carbocycles. The molecule has 0 radical (unpaired) electrons. The minimum Gasteiger partial charge on any atom is -0.378 e. The van der Waals surface area contributed by atoms with Gasteiger partial charge in [-0.25, -0.2) is 8.42 Å². The molecule has 1 saturated heterocycles. The van der Waals surface area contributed by atoms with Crippen molar-refractivity contribution in [2.45, 2.75) is 45.1 Å². The number of aromatic nitrogens is 2. The van der Waals surface area contributed by atoms with Crippen LogP contribution in [0, 0.1) is 12.8 Å². The van der Waals surface area contributed by atoms with Gasteiger partial charge >= 0.3 is 0 Å². The first kappa shape index (κ1) is 15.9. The van der Waals surface area contributed by atoms with Crippen LogP contribution in [0.2, 0.25) is 0 Å². The van der Waals surface area contributed by atoms with Crippen LogP contribution >= 0.6 is 0 Å². The SMILES string of the molecule is Cc1nc([C@H]2COCCN2S(=O)(=O)CC2CCCCC2)no1. The number of hydrogen-bond donors (Lipinski definition) is 0. The molecule has 124 valence electrons. The summed E-state index contributed by atoms with van der Waals surface area (Å²) in [6.45, 7) is 2.74. The Bertz CT molecular complexity index is 595. The van der Waals surface area contributed by atoms with Gasteiger partial charge in [-0.15, -0.1) is 0 Å². The molecule has 0 unspecified atom stereocenters. The van der Waals surface area contributed by atoms with E-state index in [2.05, 4.69) is 10.1 Å². The van der Waals surface area contributed by atoms with Crippen molar-refractivity contribution >= 4 is 10.0 Å². The lowest BCUT2D eigenvalue weighted by molar-refractivity contribution is 0.0280. The lowest BCUT2D eigenvalue weighted by atomic mass is 9.91. The molecular formula is C14H23N3O4S. The highest BCUT2D eigenvalue weighted by molar-refractivity contribution is 7.89. The summed E-state index contributed by atoms with van der Waals surface area (Å²) in [5.74, 6) is 1.32. The molecule has 1 aromatic rings. The van der Waals surface area contributed by atoms with Gasteiger partial charge in [-0.2, -0.15) is 9.29 Å². The molecule has 1 aliphatic heterocycles. The van der Waals surface area contributed by atoms with Crippen LogP contribution in [-0.4, -0.2) is 48.4 Å². The molecule has 1 saturated carbocycles. The zero-order chi connectivity index (χ0) is 15.6. The largest absolute Gasteiger partial charge is 0.378 e. The van der Waals surface area contributed by atoms with Gasteiger partial charge < -0.3 is 9.26 Å². The van der Waals surface area contributed by atoms with Crippen LogP contribution in [-0.2, 0) is 14.8 Å². The molecule has 2 fully saturated rings. The van der Waals surface area contributed by atoms with Crippen LogP contribution in [0.3, 0.4) is 0 Å². The van der Waals surface area contributed by atoms with Gasteiger partial charge in [0, 0.05) is 13.5 Å². The Kier molecular flexibility index (Phi) is 4.79. The average molecular weight is 329 g/mol. The summed E-state index contributed by atoms with van der Waals surface area (Å²) in [6, 6.07) is -0.472. The first-order valence-electron chi connectivity index (χ1n) is 7.94. The maximum absolute atomic E-state index is 12.8. The minimum absolute atomic E-state index is 0.223. The highest BCUT2D eigenvalue weighted by atomic mass is 32.2. The van der Waals surface area contributed by atoms with Crippen molar-refractivity contribution in [2.24, 2.45) is 5.92 Å². The molecule has 2 heterocycles. The summed E-state index contributed by atoms with van der Waals surface area (Å²) >= 11 is 0. The van der Waals surface area contributed by atoms with E-state index in [1.807, 2.05) is 0 Å². The fourth-order valence-electron chi connectivity index (χ4n) is 3.32. The van der Waals surface area contributed by atoms with E-state index in [0.29, 0.717) is 24.9 Å². The Morgan fingerprint density at radius 1 is 1.27 bits per heavy atom. The van der Waals surface area contributed by atoms with E-state index in [1.54, 1.807) is 6.92 Å². The third-order valence-corrected chi connectivity index (χ3v) is 6.49. The summed E-state index contributed by atoms with van der Waals surface area (Å²) in [4.78, 5) is 4.18. The van der Waals surface area contributed by atoms with Gasteiger partial charge in [-0.1, -0.05) is 24.4 Å². The van der Waals surface area contributed by atoms with Crippen LogP contribution in [0.15, 0.2) is 4.52 Å². The predicted octanol–water partition coefficient (Wildman–Crippen LogP) is 1.66. The molecule has 22 heavy (non-hydrogen) atoms. The predicted molar refractivity (Wildman–Crippen MR) is 79.7 cm³/mol. The normalized spacial score (nSPS) is 25.4. The van der Waals surface area contributed by atoms with Gasteiger partial charge in [0.1, 0.15) is 6.04 Å². The van der Waals surface area contributed by atoms with Crippen molar-refractivity contribution in [2.75, 3.05) is 25.5 Å². The Hall–Kier alpha value is -0.990. The van der Waals surface area contributed by atoms with Gasteiger partial charge in [-0.05, 0) is 18.8 Å². The molecule has 0 spiro atoms. The second-order valence-corrected chi connectivity index (χ2v) is 8.12. The third-order valence-electron chi connectivity index (χ3n) is 4.45. The van der Waals surface area contributed by atoms with E-state index in [1.165, 1.54) is 10.7 Å². The Morgan fingerprint density at radius 3 is 2.73 bits per heavy atom. The first-order chi connectivity index (χ1) is 10.6. The summed E-state index contributed by atoms with van der Waals surface area (Å²) in [6.07, 6.45) is 5.51. The van der Waals surface area contributed by atoms with Crippen LogP contribution in [0.5, 0.6) is 0 Å². The molecule has 0 aromatic carbocycles. The topological polar surface area (TPSA) is 85.5 Å². The number of aryl methyl sites for hydroxylation is 1. The number of morpholine rings is 1. The number of nitrogens with zero attached hydrogens (tertiary/aromatic N) is 3. The van der Waals surface area contributed by atoms with E-state index in [0.717, 1.165) is 25.7 Å². The van der Waals surface area contributed by atoms with Crippen molar-refractivity contribution < 1.29 is 17.7 Å². The molecule has 7 nitrogen and oxygen atoms in total. The highest BCUT2D eigenvalue weighted by Gasteiger charge is 2.37. The lowest BCUT2D eigenvalue weighted by Crippen LogP contribution is -2.45. The summed E-state index contributed by atoms with van der Waals surface area (Å²) in [5.41, 5.74) is 0. The molecule has 0 amide bonds. The zero-order valence-electron chi connectivity index (χ0n) is 12.9. The fraction of sp³-hybridized carbons (Fsp3) is 0.857. The maximum Gasteiger partial charge on any atom is 0.223 e. The highest BCUT2D eigenvalue weighted by Crippen LogP contribution is 2.30. The number of rotatable bonds is 4. The Morgan fingerprint density at radius 2 is 2.05 bits per heavy atom. The standard InChI is InChI=1S/C14H23N3O4S/c1-11-15-14(16-21-11)13-9-20-8-7-17(13)22(18,19)10-12-5-3-2-4-6-12/h12-13H,2-10H2,1H3/t13-/m1/s1. The van der Waals surface area contributed by atoms with E-state index in [4.69, 9.17) is 9.26 Å². The second kappa shape index (κ2) is 6.64. The molecular weight excluding hydrogens is 306 g/mol. The van der Waals surface area contributed by atoms with Crippen molar-refractivity contribution in [3.8, 4) is 0 Å². The third kappa shape index (κ3) is 3.49. The van der Waals surface area contributed by atoms with Crippen LogP contribution in [0.4, 0.5) is 0 Å². The summed E-state index contributed by atoms with van der Waals surface area (Å²) in [7, 11) is -3.34. The molecule has 3 rings (SSSR count). The van der Waals surface area contributed by atoms with Gasteiger partial charge in [0.05, 0.1) is 19.0 Å². The zero-order valence-corrected chi connectivity index (χ0v) is 13.7. The lowest BCUT2D eigenvalue weighted by Gasteiger charge is -2.34. The van der Waals surface area contributed by atoms with Crippen molar-refractivity contribution in [1.82, 2.24) is 14.4 Å². The van der Waals surface area contributed by atoms with Crippen molar-refractivity contribution in [3.63, 3.8) is 0 Å². The van der Waals surface area contributed by atoms with E-state index in [9.17, 15) is 8.42 Å². The maximum atomic E-state index is 12.8. The van der Waals surface area contributed by atoms with Crippen LogP contribution < -0.4 is 0 Å². The molecule has 0 bridgehead atoms. The molecule has 1 atom stereocenters.